The molecule has 0 heterocycles. The summed E-state index contributed by atoms with van der Waals surface area (Å²) in [5.74, 6) is 1.35. The standard InChI is InChI=1S/C17H23BrO2/c1-17-7-5-3-4-6-11(16(17)19)8-13-14(17)9-12(18)10-15(13)20-2/h9-11,16,19H,3-8H2,1-2H3. The second kappa shape index (κ2) is 5.34. The minimum absolute atomic E-state index is 0.129. The molecule has 2 bridgehead atoms. The highest BCUT2D eigenvalue weighted by Gasteiger charge is 2.45. The molecule has 0 aromatic heterocycles. The summed E-state index contributed by atoms with van der Waals surface area (Å²) in [4.78, 5) is 0. The van der Waals surface area contributed by atoms with E-state index in [0.717, 1.165) is 29.5 Å². The van der Waals surface area contributed by atoms with Gasteiger partial charge in [-0.3, -0.25) is 0 Å². The number of halogens is 1. The van der Waals surface area contributed by atoms with Crippen LogP contribution in [0.5, 0.6) is 5.75 Å². The van der Waals surface area contributed by atoms with Crippen molar-refractivity contribution in [2.24, 2.45) is 5.92 Å². The average Bonchev–Trinajstić information content (AvgIpc) is 2.43. The molecule has 3 unspecified atom stereocenters. The van der Waals surface area contributed by atoms with Gasteiger partial charge in [-0.05, 0) is 48.4 Å². The van der Waals surface area contributed by atoms with Gasteiger partial charge >= 0.3 is 0 Å². The Morgan fingerprint density at radius 2 is 2.10 bits per heavy atom. The maximum absolute atomic E-state index is 10.9. The van der Waals surface area contributed by atoms with Crippen LogP contribution in [-0.4, -0.2) is 18.3 Å². The summed E-state index contributed by atoms with van der Waals surface area (Å²) < 4.78 is 6.64. The fraction of sp³-hybridized carbons (Fsp3) is 0.647. The summed E-state index contributed by atoms with van der Waals surface area (Å²) in [6.45, 7) is 2.24. The number of rotatable bonds is 1. The second-order valence-corrected chi connectivity index (χ2v) is 7.48. The minimum atomic E-state index is -0.227. The van der Waals surface area contributed by atoms with Gasteiger partial charge < -0.3 is 9.84 Å². The third kappa shape index (κ3) is 2.19. The van der Waals surface area contributed by atoms with Crippen molar-refractivity contribution < 1.29 is 9.84 Å². The zero-order valence-electron chi connectivity index (χ0n) is 12.3. The molecule has 0 saturated heterocycles. The molecular weight excluding hydrogens is 316 g/mol. The number of aliphatic hydroxyl groups excluding tert-OH is 1. The van der Waals surface area contributed by atoms with Crippen LogP contribution in [0.4, 0.5) is 0 Å². The fourth-order valence-electron chi connectivity index (χ4n) is 4.19. The molecule has 1 fully saturated rings. The van der Waals surface area contributed by atoms with E-state index in [2.05, 4.69) is 35.0 Å². The number of ether oxygens (including phenoxy) is 1. The van der Waals surface area contributed by atoms with E-state index < -0.39 is 0 Å². The van der Waals surface area contributed by atoms with Crippen molar-refractivity contribution >= 4 is 15.9 Å². The number of benzene rings is 1. The van der Waals surface area contributed by atoms with Crippen molar-refractivity contribution in [1.82, 2.24) is 0 Å². The van der Waals surface area contributed by atoms with Crippen LogP contribution < -0.4 is 4.74 Å². The van der Waals surface area contributed by atoms with Crippen molar-refractivity contribution in [2.45, 2.75) is 57.0 Å². The predicted molar refractivity (Wildman–Crippen MR) is 84.3 cm³/mol. The van der Waals surface area contributed by atoms with E-state index in [1.54, 1.807) is 7.11 Å². The van der Waals surface area contributed by atoms with E-state index in [-0.39, 0.29) is 11.5 Å². The SMILES string of the molecule is COc1cc(Br)cc2c1CC1CCCCCC2(C)C1O. The van der Waals surface area contributed by atoms with Crippen molar-refractivity contribution in [3.63, 3.8) is 0 Å². The van der Waals surface area contributed by atoms with Crippen molar-refractivity contribution in [3.05, 3.63) is 27.7 Å². The van der Waals surface area contributed by atoms with Crippen LogP contribution in [0.3, 0.4) is 0 Å². The molecule has 3 heteroatoms. The normalized spacial score (nSPS) is 33.0. The Morgan fingerprint density at radius 1 is 1.30 bits per heavy atom. The van der Waals surface area contributed by atoms with E-state index in [9.17, 15) is 5.11 Å². The van der Waals surface area contributed by atoms with Gasteiger partial charge in [-0.1, -0.05) is 42.1 Å². The number of fused-ring (bicyclic) bond motifs is 4. The highest BCUT2D eigenvalue weighted by molar-refractivity contribution is 9.10. The molecule has 1 N–H and O–H groups in total. The Labute approximate surface area is 129 Å². The van der Waals surface area contributed by atoms with Gasteiger partial charge in [-0.25, -0.2) is 0 Å². The molecular formula is C17H23BrO2. The molecule has 1 saturated carbocycles. The molecule has 20 heavy (non-hydrogen) atoms. The summed E-state index contributed by atoms with van der Waals surface area (Å²) in [6, 6.07) is 4.25. The molecule has 2 aliphatic carbocycles. The molecule has 0 amide bonds. The van der Waals surface area contributed by atoms with Crippen LogP contribution >= 0.6 is 15.9 Å². The van der Waals surface area contributed by atoms with Gasteiger partial charge in [0.2, 0.25) is 0 Å². The van der Waals surface area contributed by atoms with E-state index >= 15 is 0 Å². The third-order valence-electron chi connectivity index (χ3n) is 5.35. The van der Waals surface area contributed by atoms with Crippen molar-refractivity contribution in [2.75, 3.05) is 7.11 Å². The molecule has 2 aliphatic rings. The molecule has 1 aromatic carbocycles. The zero-order chi connectivity index (χ0) is 14.3. The Bertz CT molecular complexity index is 514. The smallest absolute Gasteiger partial charge is 0.123 e. The number of hydrogen-bond donors (Lipinski definition) is 1. The summed E-state index contributed by atoms with van der Waals surface area (Å²) in [6.07, 6.45) is 6.66. The predicted octanol–water partition coefficient (Wildman–Crippen LogP) is 4.21. The topological polar surface area (TPSA) is 29.5 Å². The largest absolute Gasteiger partial charge is 0.496 e. The molecule has 3 rings (SSSR count). The summed E-state index contributed by atoms with van der Waals surface area (Å²) in [7, 11) is 1.74. The van der Waals surface area contributed by atoms with Gasteiger partial charge in [0.05, 0.1) is 13.2 Å². The third-order valence-corrected chi connectivity index (χ3v) is 5.80. The van der Waals surface area contributed by atoms with Crippen LogP contribution in [0.25, 0.3) is 0 Å². The van der Waals surface area contributed by atoms with Crippen molar-refractivity contribution in [1.29, 1.82) is 0 Å². The number of methoxy groups -OCH3 is 1. The molecule has 0 aliphatic heterocycles. The van der Waals surface area contributed by atoms with E-state index in [4.69, 9.17) is 4.74 Å². The van der Waals surface area contributed by atoms with Gasteiger partial charge in [0.25, 0.3) is 0 Å². The average molecular weight is 339 g/mol. The fourth-order valence-corrected chi connectivity index (χ4v) is 4.62. The molecule has 0 spiro atoms. The molecule has 110 valence electrons. The first-order valence-corrected chi connectivity index (χ1v) is 8.40. The molecule has 1 aromatic rings. The van der Waals surface area contributed by atoms with Crippen LogP contribution in [0, 0.1) is 5.92 Å². The lowest BCUT2D eigenvalue weighted by atomic mass is 9.61. The van der Waals surface area contributed by atoms with E-state index in [1.807, 2.05) is 0 Å². The van der Waals surface area contributed by atoms with Crippen LogP contribution in [-0.2, 0) is 11.8 Å². The lowest BCUT2D eigenvalue weighted by molar-refractivity contribution is 0.00840. The number of aliphatic hydroxyl groups is 1. The zero-order valence-corrected chi connectivity index (χ0v) is 13.9. The summed E-state index contributed by atoms with van der Waals surface area (Å²) >= 11 is 3.59. The van der Waals surface area contributed by atoms with Gasteiger partial charge in [0.1, 0.15) is 5.75 Å². The maximum Gasteiger partial charge on any atom is 0.123 e. The monoisotopic (exact) mass is 338 g/mol. The lowest BCUT2D eigenvalue weighted by Gasteiger charge is -2.46. The first kappa shape index (κ1) is 14.4. The lowest BCUT2D eigenvalue weighted by Crippen LogP contribution is -2.47. The summed E-state index contributed by atoms with van der Waals surface area (Å²) in [5.41, 5.74) is 2.47. The van der Waals surface area contributed by atoms with Gasteiger partial charge in [-0.2, -0.15) is 0 Å². The van der Waals surface area contributed by atoms with Gasteiger partial charge in [0.15, 0.2) is 0 Å². The van der Waals surface area contributed by atoms with Crippen molar-refractivity contribution in [3.8, 4) is 5.75 Å². The number of hydrogen-bond acceptors (Lipinski definition) is 2. The second-order valence-electron chi connectivity index (χ2n) is 6.56. The highest BCUT2D eigenvalue weighted by atomic mass is 79.9. The summed E-state index contributed by atoms with van der Waals surface area (Å²) in [5, 5.41) is 10.9. The Balaban J connectivity index is 2.17. The van der Waals surface area contributed by atoms with Gasteiger partial charge in [0, 0.05) is 9.89 Å². The Morgan fingerprint density at radius 3 is 2.85 bits per heavy atom. The van der Waals surface area contributed by atoms with E-state index in [1.165, 1.54) is 30.4 Å². The van der Waals surface area contributed by atoms with Crippen LogP contribution in [0.15, 0.2) is 16.6 Å². The van der Waals surface area contributed by atoms with Crippen LogP contribution in [0.2, 0.25) is 0 Å². The van der Waals surface area contributed by atoms with Crippen LogP contribution in [0.1, 0.15) is 50.2 Å². The molecule has 3 atom stereocenters. The quantitative estimate of drug-likeness (QED) is 0.830. The molecule has 0 radical (unpaired) electrons. The molecule has 2 nitrogen and oxygen atoms in total. The minimum Gasteiger partial charge on any atom is -0.496 e. The van der Waals surface area contributed by atoms with Gasteiger partial charge in [-0.15, -0.1) is 0 Å². The Kier molecular flexibility index (Phi) is 3.85. The first-order valence-electron chi connectivity index (χ1n) is 7.61. The van der Waals surface area contributed by atoms with E-state index in [0.29, 0.717) is 5.92 Å². The maximum atomic E-state index is 10.9. The highest BCUT2D eigenvalue weighted by Crippen LogP contribution is 2.49. The Hall–Kier alpha value is -0.540. The first-order chi connectivity index (χ1) is 9.56.